The molecule has 0 amide bonds. The van der Waals surface area contributed by atoms with Gasteiger partial charge in [-0.25, -0.2) is 9.97 Å². The molecule has 0 aliphatic heterocycles. The van der Waals surface area contributed by atoms with E-state index in [1.165, 1.54) is 0 Å². The van der Waals surface area contributed by atoms with E-state index in [1.807, 2.05) is 16.7 Å². The third-order valence-electron chi connectivity index (χ3n) is 2.80. The van der Waals surface area contributed by atoms with Crippen molar-refractivity contribution in [3.63, 3.8) is 0 Å². The average molecular weight is 304 g/mol. The van der Waals surface area contributed by atoms with Crippen LogP contribution in [0.2, 0.25) is 5.02 Å². The van der Waals surface area contributed by atoms with Gasteiger partial charge in [0.2, 0.25) is 0 Å². The van der Waals surface area contributed by atoms with Crippen molar-refractivity contribution in [3.05, 3.63) is 41.8 Å². The van der Waals surface area contributed by atoms with Crippen LogP contribution < -0.4 is 5.73 Å². The lowest BCUT2D eigenvalue weighted by Gasteiger charge is -2.07. The first-order valence-corrected chi connectivity index (χ1v) is 6.64. The average Bonchev–Trinajstić information content (AvgIpc) is 2.77. The monoisotopic (exact) mass is 303 g/mol. The molecule has 0 aromatic carbocycles. The van der Waals surface area contributed by atoms with Crippen LogP contribution in [0.25, 0.3) is 22.6 Å². The molecule has 7 heteroatoms. The minimum absolute atomic E-state index is 0.372. The summed E-state index contributed by atoms with van der Waals surface area (Å²) in [6.07, 6.45) is 5.00. The summed E-state index contributed by atoms with van der Waals surface area (Å²) < 4.78 is 1.88. The molecule has 3 aromatic rings. The maximum atomic E-state index is 5.96. The molecule has 3 heterocycles. The van der Waals surface area contributed by atoms with E-state index in [9.17, 15) is 0 Å². The maximum Gasteiger partial charge on any atom is 0.160 e. The second-order valence-electron chi connectivity index (χ2n) is 4.22. The Hall–Kier alpha value is -2.05. The molecule has 0 aliphatic rings. The van der Waals surface area contributed by atoms with Gasteiger partial charge in [0.05, 0.1) is 16.6 Å². The fraction of sp³-hybridized carbons (Fsp3) is 0.0769. The predicted molar refractivity (Wildman–Crippen MR) is 82.6 cm³/mol. The second kappa shape index (κ2) is 5.15. The summed E-state index contributed by atoms with van der Waals surface area (Å²) >= 11 is 11.0. The lowest BCUT2D eigenvalue weighted by molar-refractivity contribution is 0.881. The molecular weight excluding hydrogens is 294 g/mol. The highest BCUT2D eigenvalue weighted by Gasteiger charge is 2.14. The zero-order valence-electron chi connectivity index (χ0n) is 10.3. The molecule has 0 aliphatic carbocycles. The Labute approximate surface area is 125 Å². The van der Waals surface area contributed by atoms with Gasteiger partial charge in [0, 0.05) is 24.2 Å². The zero-order chi connectivity index (χ0) is 14.1. The summed E-state index contributed by atoms with van der Waals surface area (Å²) in [6.45, 7) is 0.373. The van der Waals surface area contributed by atoms with E-state index >= 15 is 0 Å². The lowest BCUT2D eigenvalue weighted by atomic mass is 10.2. The summed E-state index contributed by atoms with van der Waals surface area (Å²) in [5.74, 6) is 0.741. The molecule has 0 bridgehead atoms. The Morgan fingerprint density at radius 1 is 1.35 bits per heavy atom. The van der Waals surface area contributed by atoms with Crippen molar-refractivity contribution >= 4 is 40.0 Å². The van der Waals surface area contributed by atoms with Crippen molar-refractivity contribution in [1.82, 2.24) is 19.5 Å². The van der Waals surface area contributed by atoms with Gasteiger partial charge in [-0.1, -0.05) is 23.8 Å². The minimum atomic E-state index is 0.372. The van der Waals surface area contributed by atoms with E-state index in [0.29, 0.717) is 27.7 Å². The Bertz CT molecular complexity index is 784. The normalized spacial score (nSPS) is 10.8. The van der Waals surface area contributed by atoms with Gasteiger partial charge in [-0.05, 0) is 18.2 Å². The number of nitrogens with zero attached hydrogens (tertiary/aromatic N) is 4. The number of fused-ring (bicyclic) bond motifs is 1. The molecule has 0 unspecified atom stereocenters. The molecular formula is C13H10ClN5S. The molecule has 0 spiro atoms. The molecule has 0 fully saturated rings. The third kappa shape index (κ3) is 2.35. The van der Waals surface area contributed by atoms with Crippen LogP contribution >= 0.6 is 23.8 Å². The van der Waals surface area contributed by atoms with Gasteiger partial charge in [0.15, 0.2) is 5.65 Å². The SMILES string of the molecule is NC(=S)Cn1c(-c2ccncc2)nc2cc(Cl)cnc21. The van der Waals surface area contributed by atoms with Crippen LogP contribution in [0.15, 0.2) is 36.8 Å². The first-order chi connectivity index (χ1) is 9.65. The number of halogens is 1. The smallest absolute Gasteiger partial charge is 0.160 e. The molecule has 100 valence electrons. The van der Waals surface area contributed by atoms with Crippen molar-refractivity contribution in [2.24, 2.45) is 5.73 Å². The van der Waals surface area contributed by atoms with Gasteiger partial charge >= 0.3 is 0 Å². The standard InChI is InChI=1S/C13H10ClN5S/c14-9-5-10-13(17-6-9)19(7-11(15)20)12(18-10)8-1-3-16-4-2-8/h1-6H,7H2,(H2,15,20). The van der Waals surface area contributed by atoms with Crippen molar-refractivity contribution in [3.8, 4) is 11.4 Å². The zero-order valence-corrected chi connectivity index (χ0v) is 11.9. The number of hydrogen-bond donors (Lipinski definition) is 1. The van der Waals surface area contributed by atoms with Crippen molar-refractivity contribution in [2.75, 3.05) is 0 Å². The second-order valence-corrected chi connectivity index (χ2v) is 5.18. The molecule has 0 atom stereocenters. The molecule has 0 radical (unpaired) electrons. The van der Waals surface area contributed by atoms with Crippen molar-refractivity contribution in [2.45, 2.75) is 6.54 Å². The van der Waals surface area contributed by atoms with Gasteiger partial charge in [-0.2, -0.15) is 0 Å². The van der Waals surface area contributed by atoms with Crippen LogP contribution in [0.4, 0.5) is 0 Å². The number of imidazole rings is 1. The third-order valence-corrected chi connectivity index (χ3v) is 3.14. The molecule has 2 N–H and O–H groups in total. The summed E-state index contributed by atoms with van der Waals surface area (Å²) in [7, 11) is 0. The highest BCUT2D eigenvalue weighted by molar-refractivity contribution is 7.80. The number of nitrogens with two attached hydrogens (primary N) is 1. The highest BCUT2D eigenvalue weighted by Crippen LogP contribution is 2.24. The van der Waals surface area contributed by atoms with Crippen LogP contribution in [0.1, 0.15) is 0 Å². The number of hydrogen-bond acceptors (Lipinski definition) is 4. The highest BCUT2D eigenvalue weighted by atomic mass is 35.5. The number of rotatable bonds is 3. The number of thiocarbonyl (C=S) groups is 1. The molecule has 20 heavy (non-hydrogen) atoms. The molecule has 0 saturated heterocycles. The van der Waals surface area contributed by atoms with Crippen LogP contribution in [-0.4, -0.2) is 24.5 Å². The predicted octanol–water partition coefficient (Wildman–Crippen LogP) is 2.43. The van der Waals surface area contributed by atoms with Crippen LogP contribution in [0.3, 0.4) is 0 Å². The Morgan fingerprint density at radius 2 is 2.10 bits per heavy atom. The van der Waals surface area contributed by atoms with Gasteiger partial charge in [0.25, 0.3) is 0 Å². The van der Waals surface area contributed by atoms with E-state index in [0.717, 1.165) is 11.4 Å². The molecule has 3 aromatic heterocycles. The van der Waals surface area contributed by atoms with E-state index in [2.05, 4.69) is 15.0 Å². The largest absolute Gasteiger partial charge is 0.392 e. The Morgan fingerprint density at radius 3 is 2.80 bits per heavy atom. The summed E-state index contributed by atoms with van der Waals surface area (Å²) in [6, 6.07) is 5.52. The molecule has 3 rings (SSSR count). The van der Waals surface area contributed by atoms with Crippen LogP contribution in [0.5, 0.6) is 0 Å². The summed E-state index contributed by atoms with van der Waals surface area (Å²) in [5.41, 5.74) is 8.00. The first kappa shape index (κ1) is 13.0. The summed E-state index contributed by atoms with van der Waals surface area (Å²) in [5, 5.41) is 0.541. The van der Waals surface area contributed by atoms with Crippen LogP contribution in [0, 0.1) is 0 Å². The van der Waals surface area contributed by atoms with E-state index in [4.69, 9.17) is 29.6 Å². The maximum absolute atomic E-state index is 5.96. The lowest BCUT2D eigenvalue weighted by Crippen LogP contribution is -2.17. The first-order valence-electron chi connectivity index (χ1n) is 5.85. The molecule has 5 nitrogen and oxygen atoms in total. The fourth-order valence-corrected chi connectivity index (χ4v) is 2.29. The van der Waals surface area contributed by atoms with Gasteiger partial charge in [0.1, 0.15) is 11.3 Å². The van der Waals surface area contributed by atoms with Crippen molar-refractivity contribution in [1.29, 1.82) is 0 Å². The molecule has 0 saturated carbocycles. The fourth-order valence-electron chi connectivity index (χ4n) is 2.01. The van der Waals surface area contributed by atoms with E-state index in [-0.39, 0.29) is 0 Å². The summed E-state index contributed by atoms with van der Waals surface area (Å²) in [4.78, 5) is 13.3. The van der Waals surface area contributed by atoms with Crippen molar-refractivity contribution < 1.29 is 0 Å². The number of aromatic nitrogens is 4. The van der Waals surface area contributed by atoms with Gasteiger partial charge in [-0.3, -0.25) is 4.98 Å². The van der Waals surface area contributed by atoms with E-state index in [1.54, 1.807) is 24.7 Å². The number of pyridine rings is 2. The van der Waals surface area contributed by atoms with Crippen LogP contribution in [-0.2, 0) is 6.54 Å². The van der Waals surface area contributed by atoms with Gasteiger partial charge in [-0.15, -0.1) is 0 Å². The van der Waals surface area contributed by atoms with E-state index < -0.39 is 0 Å². The Kier molecular flexibility index (Phi) is 3.33. The van der Waals surface area contributed by atoms with Gasteiger partial charge < -0.3 is 10.3 Å². The quantitative estimate of drug-likeness (QED) is 0.753. The topological polar surface area (TPSA) is 69.6 Å². The Balaban J connectivity index is 2.27. The minimum Gasteiger partial charge on any atom is -0.392 e.